The van der Waals surface area contributed by atoms with Crippen LogP contribution in [0.5, 0.6) is 0 Å². The molecule has 1 aliphatic heterocycles. The molecular formula is C17H16ClN3O3. The first kappa shape index (κ1) is 15.2. The second kappa shape index (κ2) is 5.34. The van der Waals surface area contributed by atoms with Gasteiger partial charge in [0.1, 0.15) is 5.57 Å². The Morgan fingerprint density at radius 1 is 1.25 bits per heavy atom. The van der Waals surface area contributed by atoms with Crippen molar-refractivity contribution in [1.82, 2.24) is 14.8 Å². The average molecular weight is 346 g/mol. The lowest BCUT2D eigenvalue weighted by Crippen LogP contribution is -2.27. The fourth-order valence-electron chi connectivity index (χ4n) is 3.41. The highest BCUT2D eigenvalue weighted by molar-refractivity contribution is 6.30. The molecule has 1 N–H and O–H groups in total. The molecular weight excluding hydrogens is 330 g/mol. The number of aryl methyl sites for hydroxylation is 1. The van der Waals surface area contributed by atoms with E-state index in [4.69, 9.17) is 16.3 Å². The lowest BCUT2D eigenvalue weighted by molar-refractivity contribution is -0.146. The predicted octanol–water partition coefficient (Wildman–Crippen LogP) is 3.27. The second-order valence-corrected chi connectivity index (χ2v) is 6.64. The van der Waals surface area contributed by atoms with Crippen molar-refractivity contribution in [3.63, 3.8) is 0 Å². The number of aromatic nitrogens is 3. The normalized spacial score (nSPS) is 19.3. The van der Waals surface area contributed by atoms with E-state index in [0.29, 0.717) is 29.5 Å². The van der Waals surface area contributed by atoms with Crippen molar-refractivity contribution in [3.05, 3.63) is 40.9 Å². The van der Waals surface area contributed by atoms with Crippen LogP contribution in [0.25, 0.3) is 17.0 Å². The number of carbonyl (C=O) groups is 1. The SMILES string of the molecule is Cn1nc(-c2ccc(Cl)cc2)nc1C1=C(O)C2(CCCC2)OC1=O. The number of nitrogens with zero attached hydrogens (tertiary/aromatic N) is 3. The zero-order valence-corrected chi connectivity index (χ0v) is 13.9. The number of carbonyl (C=O) groups excluding carboxylic acids is 1. The van der Waals surface area contributed by atoms with Crippen molar-refractivity contribution < 1.29 is 14.6 Å². The molecule has 0 amide bonds. The molecule has 2 aromatic rings. The van der Waals surface area contributed by atoms with Crippen molar-refractivity contribution in [2.45, 2.75) is 31.3 Å². The molecule has 124 valence electrons. The van der Waals surface area contributed by atoms with Gasteiger partial charge in [-0.15, -0.1) is 0 Å². The standard InChI is InChI=1S/C17H16ClN3O3/c1-21-15(19-14(20-21)10-4-6-11(18)7-5-10)12-13(22)17(24-16(12)23)8-2-3-9-17/h4-7,22H,2-3,8-9H2,1H3. The number of halogens is 1. The smallest absolute Gasteiger partial charge is 0.346 e. The largest absolute Gasteiger partial charge is 0.507 e. The summed E-state index contributed by atoms with van der Waals surface area (Å²) < 4.78 is 7.00. The van der Waals surface area contributed by atoms with Gasteiger partial charge in [-0.25, -0.2) is 14.5 Å². The summed E-state index contributed by atoms with van der Waals surface area (Å²) in [5.41, 5.74) is 0.0362. The molecule has 0 radical (unpaired) electrons. The molecule has 2 heterocycles. The molecule has 2 aliphatic rings. The summed E-state index contributed by atoms with van der Waals surface area (Å²) in [5.74, 6) is 0.228. The molecule has 1 saturated carbocycles. The van der Waals surface area contributed by atoms with Gasteiger partial charge >= 0.3 is 5.97 Å². The third-order valence-electron chi connectivity index (χ3n) is 4.66. The molecule has 1 aliphatic carbocycles. The Balaban J connectivity index is 1.78. The molecule has 7 heteroatoms. The highest BCUT2D eigenvalue weighted by atomic mass is 35.5. The zero-order chi connectivity index (χ0) is 16.9. The van der Waals surface area contributed by atoms with Crippen LogP contribution in [-0.2, 0) is 16.6 Å². The Morgan fingerprint density at radius 2 is 1.92 bits per heavy atom. The van der Waals surface area contributed by atoms with Gasteiger partial charge in [0.2, 0.25) is 0 Å². The van der Waals surface area contributed by atoms with E-state index in [-0.39, 0.29) is 11.3 Å². The molecule has 24 heavy (non-hydrogen) atoms. The summed E-state index contributed by atoms with van der Waals surface area (Å²) in [6.45, 7) is 0. The number of aliphatic hydroxyl groups excluding tert-OH is 1. The van der Waals surface area contributed by atoms with Crippen molar-refractivity contribution in [2.24, 2.45) is 7.05 Å². The van der Waals surface area contributed by atoms with Gasteiger partial charge in [0.25, 0.3) is 0 Å². The molecule has 1 aromatic carbocycles. The van der Waals surface area contributed by atoms with Crippen LogP contribution >= 0.6 is 11.6 Å². The molecule has 0 unspecified atom stereocenters. The van der Waals surface area contributed by atoms with Crippen LogP contribution in [-0.4, -0.2) is 31.4 Å². The first-order valence-electron chi connectivity index (χ1n) is 7.85. The average Bonchev–Trinajstić information content (AvgIpc) is 3.22. The van der Waals surface area contributed by atoms with Gasteiger partial charge in [0.15, 0.2) is 23.0 Å². The molecule has 0 atom stereocenters. The maximum absolute atomic E-state index is 12.4. The highest BCUT2D eigenvalue weighted by Crippen LogP contribution is 2.46. The first-order chi connectivity index (χ1) is 11.5. The second-order valence-electron chi connectivity index (χ2n) is 6.20. The van der Waals surface area contributed by atoms with Crippen LogP contribution < -0.4 is 0 Å². The van der Waals surface area contributed by atoms with Crippen LogP contribution in [0.3, 0.4) is 0 Å². The summed E-state index contributed by atoms with van der Waals surface area (Å²) in [4.78, 5) is 16.8. The Morgan fingerprint density at radius 3 is 2.58 bits per heavy atom. The number of esters is 1. The third kappa shape index (κ3) is 2.21. The lowest BCUT2D eigenvalue weighted by Gasteiger charge is -2.21. The Hall–Kier alpha value is -2.34. The summed E-state index contributed by atoms with van der Waals surface area (Å²) in [6, 6.07) is 7.12. The predicted molar refractivity (Wildman–Crippen MR) is 88.3 cm³/mol. The van der Waals surface area contributed by atoms with Crippen LogP contribution in [0.4, 0.5) is 0 Å². The number of hydrogen-bond acceptors (Lipinski definition) is 5. The van der Waals surface area contributed by atoms with Crippen LogP contribution in [0.15, 0.2) is 30.0 Å². The fourth-order valence-corrected chi connectivity index (χ4v) is 3.53. The molecule has 1 aromatic heterocycles. The minimum absolute atomic E-state index is 0.0110. The summed E-state index contributed by atoms with van der Waals surface area (Å²) in [5, 5.41) is 15.6. The quantitative estimate of drug-likeness (QED) is 0.845. The summed E-state index contributed by atoms with van der Waals surface area (Å²) in [6.07, 6.45) is 3.16. The van der Waals surface area contributed by atoms with Gasteiger partial charge in [-0.05, 0) is 49.9 Å². The molecule has 6 nitrogen and oxygen atoms in total. The van der Waals surface area contributed by atoms with Gasteiger partial charge in [-0.1, -0.05) is 11.6 Å². The highest BCUT2D eigenvalue weighted by Gasteiger charge is 2.51. The Labute approximate surface area is 143 Å². The minimum atomic E-state index is -0.862. The van der Waals surface area contributed by atoms with Crippen molar-refractivity contribution in [3.8, 4) is 11.4 Å². The number of benzene rings is 1. The van der Waals surface area contributed by atoms with E-state index >= 15 is 0 Å². The van der Waals surface area contributed by atoms with Gasteiger partial charge in [-0.3, -0.25) is 0 Å². The van der Waals surface area contributed by atoms with E-state index in [1.54, 1.807) is 31.3 Å². The van der Waals surface area contributed by atoms with Gasteiger partial charge in [0, 0.05) is 17.6 Å². The van der Waals surface area contributed by atoms with Gasteiger partial charge < -0.3 is 9.84 Å². The fraction of sp³-hybridized carbons (Fsp3) is 0.353. The minimum Gasteiger partial charge on any atom is -0.507 e. The molecule has 4 rings (SSSR count). The topological polar surface area (TPSA) is 77.2 Å². The lowest BCUT2D eigenvalue weighted by atomic mass is 9.98. The van der Waals surface area contributed by atoms with E-state index in [2.05, 4.69) is 10.1 Å². The first-order valence-corrected chi connectivity index (χ1v) is 8.22. The third-order valence-corrected chi connectivity index (χ3v) is 4.91. The van der Waals surface area contributed by atoms with Crippen molar-refractivity contribution in [2.75, 3.05) is 0 Å². The molecule has 1 fully saturated rings. The molecule has 1 spiro atoms. The van der Waals surface area contributed by atoms with Gasteiger partial charge in [-0.2, -0.15) is 5.10 Å². The number of ether oxygens (including phenoxy) is 1. The van der Waals surface area contributed by atoms with E-state index in [0.717, 1.165) is 18.4 Å². The van der Waals surface area contributed by atoms with Crippen molar-refractivity contribution >= 4 is 23.1 Å². The molecule has 0 saturated heterocycles. The molecule has 0 bridgehead atoms. The van der Waals surface area contributed by atoms with Crippen LogP contribution in [0.1, 0.15) is 31.5 Å². The monoisotopic (exact) mass is 345 g/mol. The van der Waals surface area contributed by atoms with Crippen LogP contribution in [0, 0.1) is 0 Å². The number of aliphatic hydroxyl groups is 1. The maximum atomic E-state index is 12.4. The van der Waals surface area contributed by atoms with E-state index < -0.39 is 11.6 Å². The van der Waals surface area contributed by atoms with E-state index in [1.165, 1.54) is 4.68 Å². The number of hydrogen-bond donors (Lipinski definition) is 1. The number of rotatable bonds is 2. The van der Waals surface area contributed by atoms with Crippen molar-refractivity contribution in [1.29, 1.82) is 0 Å². The van der Waals surface area contributed by atoms with Gasteiger partial charge in [0.05, 0.1) is 0 Å². The Kier molecular flexibility index (Phi) is 3.38. The van der Waals surface area contributed by atoms with Crippen LogP contribution in [0.2, 0.25) is 5.02 Å². The van der Waals surface area contributed by atoms with E-state index in [1.807, 2.05) is 0 Å². The Bertz CT molecular complexity index is 848. The summed E-state index contributed by atoms with van der Waals surface area (Å²) >= 11 is 5.90. The van der Waals surface area contributed by atoms with E-state index in [9.17, 15) is 9.90 Å². The zero-order valence-electron chi connectivity index (χ0n) is 13.1. The maximum Gasteiger partial charge on any atom is 0.346 e. The summed E-state index contributed by atoms with van der Waals surface area (Å²) in [7, 11) is 1.69.